The lowest BCUT2D eigenvalue weighted by Crippen LogP contribution is -2.14. The van der Waals surface area contributed by atoms with Crippen molar-refractivity contribution in [3.05, 3.63) is 58.4 Å². The van der Waals surface area contributed by atoms with E-state index < -0.39 is 15.7 Å². The van der Waals surface area contributed by atoms with Crippen LogP contribution in [0, 0.1) is 6.92 Å². The maximum atomic E-state index is 12.5. The molecule has 0 bridgehead atoms. The second-order valence-corrected chi connectivity index (χ2v) is 8.82. The number of carbonyl (C=O) groups excluding carboxylic acids is 1. The van der Waals surface area contributed by atoms with Gasteiger partial charge in [-0.05, 0) is 37.3 Å². The van der Waals surface area contributed by atoms with Gasteiger partial charge in [0.15, 0.2) is 9.84 Å². The number of amides is 1. The molecule has 27 heavy (non-hydrogen) atoms. The van der Waals surface area contributed by atoms with E-state index >= 15 is 0 Å². The predicted molar refractivity (Wildman–Crippen MR) is 105 cm³/mol. The lowest BCUT2D eigenvalue weighted by molar-refractivity contribution is 0.102. The summed E-state index contributed by atoms with van der Waals surface area (Å²) in [6, 6.07) is 10.8. The number of nitrogen functional groups attached to an aromatic ring is 1. The summed E-state index contributed by atoms with van der Waals surface area (Å²) < 4.78 is 29.5. The lowest BCUT2D eigenvalue weighted by Gasteiger charge is -2.12. The van der Waals surface area contributed by atoms with E-state index in [-0.39, 0.29) is 21.9 Å². The monoisotopic (exact) mass is 403 g/mol. The molecule has 140 valence electrons. The van der Waals surface area contributed by atoms with Crippen molar-refractivity contribution < 1.29 is 17.9 Å². The minimum absolute atomic E-state index is 0.0609. The fourth-order valence-corrected chi connectivity index (χ4v) is 3.71. The van der Waals surface area contributed by atoms with Crippen LogP contribution in [0.2, 0.25) is 0 Å². The van der Waals surface area contributed by atoms with Crippen LogP contribution in [0.15, 0.2) is 52.7 Å². The number of rotatable bonds is 5. The molecule has 0 saturated carbocycles. The average Bonchev–Trinajstić information content (AvgIpc) is 3.01. The molecule has 0 saturated heterocycles. The molecule has 7 nitrogen and oxygen atoms in total. The van der Waals surface area contributed by atoms with Gasteiger partial charge in [-0.1, -0.05) is 12.1 Å². The highest BCUT2D eigenvalue weighted by molar-refractivity contribution is 7.90. The van der Waals surface area contributed by atoms with Crippen LogP contribution in [0.4, 0.5) is 11.5 Å². The van der Waals surface area contributed by atoms with Crippen LogP contribution >= 0.6 is 11.3 Å². The highest BCUT2D eigenvalue weighted by atomic mass is 32.2. The Bertz CT molecular complexity index is 1110. The van der Waals surface area contributed by atoms with Gasteiger partial charge in [-0.25, -0.2) is 13.4 Å². The maximum absolute atomic E-state index is 12.5. The van der Waals surface area contributed by atoms with E-state index in [1.165, 1.54) is 29.5 Å². The summed E-state index contributed by atoms with van der Waals surface area (Å²) in [6.45, 7) is 1.84. The molecule has 0 fully saturated rings. The normalized spacial score (nSPS) is 11.2. The number of aryl methyl sites for hydroxylation is 1. The topological polar surface area (TPSA) is 111 Å². The van der Waals surface area contributed by atoms with Crippen LogP contribution in [0.1, 0.15) is 15.4 Å². The Kier molecular flexibility index (Phi) is 5.15. The van der Waals surface area contributed by atoms with Gasteiger partial charge in [-0.3, -0.25) is 4.79 Å². The summed E-state index contributed by atoms with van der Waals surface area (Å²) in [5.41, 5.74) is 6.38. The number of para-hydroxylation sites is 1. The molecule has 1 heterocycles. The molecule has 2 aromatic carbocycles. The molecular weight excluding hydrogens is 386 g/mol. The maximum Gasteiger partial charge on any atom is 0.259 e. The first-order chi connectivity index (χ1) is 12.7. The number of ether oxygens (including phenoxy) is 1. The Morgan fingerprint density at radius 1 is 1.22 bits per heavy atom. The summed E-state index contributed by atoms with van der Waals surface area (Å²) in [4.78, 5) is 16.7. The smallest absolute Gasteiger partial charge is 0.259 e. The van der Waals surface area contributed by atoms with E-state index in [0.29, 0.717) is 11.6 Å². The zero-order valence-corrected chi connectivity index (χ0v) is 16.2. The fraction of sp³-hybridized carbons (Fsp3) is 0.111. The van der Waals surface area contributed by atoms with Gasteiger partial charge in [0.1, 0.15) is 22.2 Å². The van der Waals surface area contributed by atoms with Crippen molar-refractivity contribution in [3.63, 3.8) is 0 Å². The fourth-order valence-electron chi connectivity index (χ4n) is 2.37. The van der Waals surface area contributed by atoms with Crippen LogP contribution in [0.5, 0.6) is 11.5 Å². The third kappa shape index (κ3) is 4.44. The molecule has 3 rings (SSSR count). The summed E-state index contributed by atoms with van der Waals surface area (Å²) in [5.74, 6) is 0.474. The molecule has 0 aliphatic rings. The average molecular weight is 403 g/mol. The number of carbonyl (C=O) groups is 1. The molecule has 3 aromatic rings. The number of anilines is 2. The van der Waals surface area contributed by atoms with Crippen LogP contribution in [0.25, 0.3) is 0 Å². The number of aromatic nitrogens is 1. The van der Waals surface area contributed by atoms with Crippen LogP contribution in [-0.4, -0.2) is 25.6 Å². The van der Waals surface area contributed by atoms with Crippen LogP contribution in [-0.2, 0) is 9.84 Å². The minimum atomic E-state index is -3.46. The summed E-state index contributed by atoms with van der Waals surface area (Å²) in [5, 5.41) is 5.23. The van der Waals surface area contributed by atoms with Gasteiger partial charge in [0.25, 0.3) is 5.91 Å². The van der Waals surface area contributed by atoms with Crippen molar-refractivity contribution in [2.45, 2.75) is 11.8 Å². The zero-order valence-electron chi connectivity index (χ0n) is 14.6. The van der Waals surface area contributed by atoms with E-state index in [0.717, 1.165) is 11.3 Å². The Hall–Kier alpha value is -2.91. The highest BCUT2D eigenvalue weighted by Gasteiger charge is 2.17. The Labute approximate surface area is 160 Å². The number of thiazole rings is 1. The van der Waals surface area contributed by atoms with Gasteiger partial charge in [-0.15, -0.1) is 11.3 Å². The van der Waals surface area contributed by atoms with Crippen LogP contribution < -0.4 is 15.8 Å². The zero-order chi connectivity index (χ0) is 19.6. The first-order valence-corrected chi connectivity index (χ1v) is 10.6. The molecule has 0 atom stereocenters. The summed E-state index contributed by atoms with van der Waals surface area (Å²) in [6.07, 6.45) is 1.10. The molecule has 1 amide bonds. The predicted octanol–water partition coefficient (Wildman–Crippen LogP) is 3.48. The van der Waals surface area contributed by atoms with Gasteiger partial charge in [0.2, 0.25) is 0 Å². The third-order valence-corrected chi connectivity index (χ3v) is 5.52. The molecular formula is C18H17N3O4S2. The number of benzene rings is 2. The quantitative estimate of drug-likeness (QED) is 0.631. The van der Waals surface area contributed by atoms with Gasteiger partial charge < -0.3 is 15.8 Å². The van der Waals surface area contributed by atoms with Crippen LogP contribution in [0.3, 0.4) is 0 Å². The van der Waals surface area contributed by atoms with Crippen molar-refractivity contribution in [1.82, 2.24) is 4.98 Å². The van der Waals surface area contributed by atoms with Gasteiger partial charge >= 0.3 is 0 Å². The Morgan fingerprint density at radius 2 is 1.96 bits per heavy atom. The van der Waals surface area contributed by atoms with E-state index in [2.05, 4.69) is 10.3 Å². The highest BCUT2D eigenvalue weighted by Crippen LogP contribution is 2.30. The van der Waals surface area contributed by atoms with Crippen molar-refractivity contribution in [2.24, 2.45) is 0 Å². The molecule has 0 spiro atoms. The molecule has 9 heteroatoms. The number of nitrogens with two attached hydrogens (primary N) is 1. The van der Waals surface area contributed by atoms with Crippen molar-refractivity contribution >= 4 is 38.6 Å². The standard InChI is InChI=1S/C18H17N3O4S2/c1-11-20-17(10-26-11)21-18(22)13-9-12(7-8-14(13)19)25-15-5-3-4-6-16(15)27(2,23)24/h3-10H,19H2,1-2H3,(H,21,22). The number of nitrogens with one attached hydrogen (secondary N) is 1. The first-order valence-electron chi connectivity index (χ1n) is 7.84. The Balaban J connectivity index is 1.89. The molecule has 0 aliphatic carbocycles. The van der Waals surface area contributed by atoms with E-state index in [9.17, 15) is 13.2 Å². The van der Waals surface area contributed by atoms with E-state index in [1.807, 2.05) is 6.92 Å². The summed E-state index contributed by atoms with van der Waals surface area (Å²) >= 11 is 1.42. The van der Waals surface area contributed by atoms with E-state index in [1.54, 1.807) is 29.6 Å². The van der Waals surface area contributed by atoms with Crippen molar-refractivity contribution in [3.8, 4) is 11.5 Å². The first kappa shape index (κ1) is 18.9. The Morgan fingerprint density at radius 3 is 2.63 bits per heavy atom. The lowest BCUT2D eigenvalue weighted by atomic mass is 10.1. The third-order valence-electron chi connectivity index (χ3n) is 3.61. The second-order valence-electron chi connectivity index (χ2n) is 5.78. The number of sulfone groups is 1. The molecule has 1 aromatic heterocycles. The molecule has 0 unspecified atom stereocenters. The van der Waals surface area contributed by atoms with Crippen molar-refractivity contribution in [2.75, 3.05) is 17.3 Å². The number of hydrogen-bond donors (Lipinski definition) is 2. The molecule has 0 aliphatic heterocycles. The van der Waals surface area contributed by atoms with Gasteiger partial charge in [-0.2, -0.15) is 0 Å². The second kappa shape index (κ2) is 7.37. The minimum Gasteiger partial charge on any atom is -0.456 e. The molecule has 3 N–H and O–H groups in total. The SMILES string of the molecule is Cc1nc(NC(=O)c2cc(Oc3ccccc3S(C)(=O)=O)ccc2N)cs1. The van der Waals surface area contributed by atoms with Gasteiger partial charge in [0.05, 0.1) is 10.6 Å². The number of nitrogens with zero attached hydrogens (tertiary/aromatic N) is 1. The largest absolute Gasteiger partial charge is 0.456 e. The van der Waals surface area contributed by atoms with E-state index in [4.69, 9.17) is 10.5 Å². The van der Waals surface area contributed by atoms with Gasteiger partial charge in [0, 0.05) is 17.3 Å². The number of hydrogen-bond acceptors (Lipinski definition) is 7. The molecule has 0 radical (unpaired) electrons. The van der Waals surface area contributed by atoms with Crippen molar-refractivity contribution in [1.29, 1.82) is 0 Å². The summed E-state index contributed by atoms with van der Waals surface area (Å²) in [7, 11) is -3.46.